The lowest BCUT2D eigenvalue weighted by Gasteiger charge is -2.21. The number of benzene rings is 1. The Hall–Kier alpha value is -1.69. The fourth-order valence-corrected chi connectivity index (χ4v) is 3.80. The Labute approximate surface area is 149 Å². The van der Waals surface area contributed by atoms with Crippen molar-refractivity contribution in [3.63, 3.8) is 0 Å². The summed E-state index contributed by atoms with van der Waals surface area (Å²) in [5, 5.41) is 0. The largest absolute Gasteiger partial charge is 0.459 e. The summed E-state index contributed by atoms with van der Waals surface area (Å²) < 4.78 is 6.24. The van der Waals surface area contributed by atoms with Crippen molar-refractivity contribution in [2.24, 2.45) is 11.8 Å². The number of carbonyl (C=O) groups excluding carboxylic acids is 3. The molecular weight excluding hydrogens is 374 g/mol. The first-order valence-corrected chi connectivity index (χ1v) is 9.06. The molecule has 1 saturated heterocycles. The van der Waals surface area contributed by atoms with Gasteiger partial charge in [0, 0.05) is 4.47 Å². The maximum atomic E-state index is 12.5. The molecule has 2 fully saturated rings. The highest BCUT2D eigenvalue weighted by atomic mass is 79.9. The van der Waals surface area contributed by atoms with Crippen LogP contribution in [-0.2, 0) is 25.7 Å². The van der Waals surface area contributed by atoms with Crippen LogP contribution in [0, 0.1) is 11.8 Å². The van der Waals surface area contributed by atoms with Gasteiger partial charge in [-0.1, -0.05) is 40.9 Å². The van der Waals surface area contributed by atoms with Gasteiger partial charge in [-0.2, -0.15) is 0 Å². The molecule has 0 aromatic heterocycles. The van der Waals surface area contributed by atoms with E-state index in [1.165, 1.54) is 0 Å². The molecule has 2 aliphatic rings. The predicted molar refractivity (Wildman–Crippen MR) is 90.7 cm³/mol. The number of hydrogen-bond donors (Lipinski definition) is 0. The Morgan fingerprint density at radius 2 is 1.71 bits per heavy atom. The van der Waals surface area contributed by atoms with Gasteiger partial charge < -0.3 is 4.74 Å². The van der Waals surface area contributed by atoms with E-state index in [2.05, 4.69) is 15.9 Å². The molecule has 3 rings (SSSR count). The van der Waals surface area contributed by atoms with Crippen molar-refractivity contribution in [3.05, 3.63) is 34.3 Å². The first kappa shape index (κ1) is 17.1. The maximum absolute atomic E-state index is 12.5. The minimum Gasteiger partial charge on any atom is -0.459 e. The zero-order chi connectivity index (χ0) is 17.3. The first-order chi connectivity index (χ1) is 11.5. The smallest absolute Gasteiger partial charge is 0.329 e. The molecule has 1 heterocycles. The lowest BCUT2D eigenvalue weighted by Crippen LogP contribution is -2.44. The van der Waals surface area contributed by atoms with Crippen LogP contribution < -0.4 is 0 Å². The van der Waals surface area contributed by atoms with Gasteiger partial charge in [0.2, 0.25) is 11.8 Å². The Kier molecular flexibility index (Phi) is 5.04. The van der Waals surface area contributed by atoms with Crippen molar-refractivity contribution in [2.75, 3.05) is 0 Å². The summed E-state index contributed by atoms with van der Waals surface area (Å²) >= 11 is 3.35. The minimum absolute atomic E-state index is 0.125. The quantitative estimate of drug-likeness (QED) is 0.582. The number of imide groups is 1. The van der Waals surface area contributed by atoms with E-state index in [1.807, 2.05) is 24.3 Å². The fourth-order valence-electron chi connectivity index (χ4n) is 3.53. The SMILES string of the molecule is C[C@@H](C(=O)OCc1ccc(Br)cc1)N1C(=O)[C@H]2CCCC[C@H]2C1=O. The second-order valence-electron chi connectivity index (χ2n) is 6.45. The van der Waals surface area contributed by atoms with E-state index in [1.54, 1.807) is 6.92 Å². The summed E-state index contributed by atoms with van der Waals surface area (Å²) in [7, 11) is 0. The van der Waals surface area contributed by atoms with Gasteiger partial charge in [0.05, 0.1) is 11.8 Å². The van der Waals surface area contributed by atoms with E-state index >= 15 is 0 Å². The Balaban J connectivity index is 1.63. The fraction of sp³-hybridized carbons (Fsp3) is 0.500. The molecule has 5 nitrogen and oxygen atoms in total. The van der Waals surface area contributed by atoms with E-state index in [-0.39, 0.29) is 30.3 Å². The summed E-state index contributed by atoms with van der Waals surface area (Å²) in [6.07, 6.45) is 3.42. The van der Waals surface area contributed by atoms with Gasteiger partial charge in [-0.05, 0) is 37.5 Å². The number of nitrogens with zero attached hydrogens (tertiary/aromatic N) is 1. The van der Waals surface area contributed by atoms with E-state index in [4.69, 9.17) is 4.74 Å². The lowest BCUT2D eigenvalue weighted by molar-refractivity contribution is -0.159. The second-order valence-corrected chi connectivity index (χ2v) is 7.37. The number of carbonyl (C=O) groups is 3. The van der Waals surface area contributed by atoms with Crippen LogP contribution in [0.1, 0.15) is 38.2 Å². The van der Waals surface area contributed by atoms with Gasteiger partial charge in [0.1, 0.15) is 12.6 Å². The average Bonchev–Trinajstić information content (AvgIpc) is 2.85. The molecule has 1 aliphatic heterocycles. The normalized spacial score (nSPS) is 24.7. The molecule has 128 valence electrons. The van der Waals surface area contributed by atoms with Crippen LogP contribution in [0.15, 0.2) is 28.7 Å². The number of halogens is 1. The molecule has 2 amide bonds. The molecule has 0 radical (unpaired) electrons. The summed E-state index contributed by atoms with van der Waals surface area (Å²) in [6.45, 7) is 1.69. The van der Waals surface area contributed by atoms with Crippen molar-refractivity contribution >= 4 is 33.7 Å². The molecular formula is C18H20BrNO4. The Morgan fingerprint density at radius 1 is 1.17 bits per heavy atom. The minimum atomic E-state index is -0.869. The van der Waals surface area contributed by atoms with Crippen LogP contribution in [0.4, 0.5) is 0 Å². The molecule has 1 aliphatic carbocycles. The van der Waals surface area contributed by atoms with Gasteiger partial charge in [-0.25, -0.2) is 4.79 Å². The van der Waals surface area contributed by atoms with Gasteiger partial charge in [0.15, 0.2) is 0 Å². The molecule has 1 saturated carbocycles. The summed E-state index contributed by atoms with van der Waals surface area (Å²) in [5.74, 6) is -1.45. The molecule has 24 heavy (non-hydrogen) atoms. The van der Waals surface area contributed by atoms with Gasteiger partial charge in [-0.3, -0.25) is 14.5 Å². The van der Waals surface area contributed by atoms with Gasteiger partial charge >= 0.3 is 5.97 Å². The molecule has 0 bridgehead atoms. The number of amides is 2. The highest BCUT2D eigenvalue weighted by molar-refractivity contribution is 9.10. The van der Waals surface area contributed by atoms with Crippen molar-refractivity contribution in [1.29, 1.82) is 0 Å². The highest BCUT2D eigenvalue weighted by Gasteiger charge is 2.51. The highest BCUT2D eigenvalue weighted by Crippen LogP contribution is 2.38. The van der Waals surface area contributed by atoms with Crippen molar-refractivity contribution in [2.45, 2.75) is 45.3 Å². The van der Waals surface area contributed by atoms with Crippen LogP contribution >= 0.6 is 15.9 Å². The summed E-state index contributed by atoms with van der Waals surface area (Å²) in [6, 6.07) is 6.56. The van der Waals surface area contributed by atoms with Gasteiger partial charge in [0.25, 0.3) is 0 Å². The average molecular weight is 394 g/mol. The van der Waals surface area contributed by atoms with E-state index in [0.717, 1.165) is 40.6 Å². The zero-order valence-corrected chi connectivity index (χ0v) is 15.1. The molecule has 0 spiro atoms. The number of hydrogen-bond acceptors (Lipinski definition) is 4. The van der Waals surface area contributed by atoms with Gasteiger partial charge in [-0.15, -0.1) is 0 Å². The van der Waals surface area contributed by atoms with E-state index in [0.29, 0.717) is 0 Å². The summed E-state index contributed by atoms with van der Waals surface area (Å²) in [4.78, 5) is 38.4. The Morgan fingerprint density at radius 3 is 2.25 bits per heavy atom. The second kappa shape index (κ2) is 7.05. The van der Waals surface area contributed by atoms with Crippen LogP contribution in [0.5, 0.6) is 0 Å². The number of rotatable bonds is 4. The van der Waals surface area contributed by atoms with Crippen molar-refractivity contribution in [3.8, 4) is 0 Å². The van der Waals surface area contributed by atoms with Crippen LogP contribution in [0.3, 0.4) is 0 Å². The maximum Gasteiger partial charge on any atom is 0.329 e. The Bertz CT molecular complexity index is 633. The van der Waals surface area contributed by atoms with Crippen molar-refractivity contribution in [1.82, 2.24) is 4.90 Å². The monoisotopic (exact) mass is 393 g/mol. The van der Waals surface area contributed by atoms with Crippen LogP contribution in [-0.4, -0.2) is 28.7 Å². The van der Waals surface area contributed by atoms with Crippen LogP contribution in [0.25, 0.3) is 0 Å². The topological polar surface area (TPSA) is 63.7 Å². The van der Waals surface area contributed by atoms with E-state index in [9.17, 15) is 14.4 Å². The first-order valence-electron chi connectivity index (χ1n) is 8.27. The third-order valence-electron chi connectivity index (χ3n) is 4.90. The molecule has 6 heteroatoms. The molecule has 0 unspecified atom stereocenters. The lowest BCUT2D eigenvalue weighted by atomic mass is 9.81. The van der Waals surface area contributed by atoms with Crippen molar-refractivity contribution < 1.29 is 19.1 Å². The third-order valence-corrected chi connectivity index (χ3v) is 5.43. The number of ether oxygens (including phenoxy) is 1. The molecule has 1 aromatic carbocycles. The number of esters is 1. The molecule has 3 atom stereocenters. The standard InChI is InChI=1S/C18H20BrNO4/c1-11(18(23)24-10-12-6-8-13(19)9-7-12)20-16(21)14-4-2-3-5-15(14)17(20)22/h6-9,11,14-15H,2-5,10H2,1H3/t11-,14-,15+/m0/s1. The molecule has 0 N–H and O–H groups in total. The zero-order valence-electron chi connectivity index (χ0n) is 13.5. The van der Waals surface area contributed by atoms with Crippen LogP contribution in [0.2, 0.25) is 0 Å². The predicted octanol–water partition coefficient (Wildman–Crippen LogP) is 3.06. The number of fused-ring (bicyclic) bond motifs is 1. The summed E-state index contributed by atoms with van der Waals surface area (Å²) in [5.41, 5.74) is 0.853. The third kappa shape index (κ3) is 3.24. The molecule has 1 aromatic rings. The van der Waals surface area contributed by atoms with E-state index < -0.39 is 12.0 Å². The number of likely N-dealkylation sites (tertiary alicyclic amines) is 1.